The molecule has 0 aliphatic heterocycles. The molecular weight excluding hydrogens is 281 g/mol. The van der Waals surface area contributed by atoms with Crippen molar-refractivity contribution >= 4 is 34.1 Å². The molecule has 98 valence electrons. The fraction of sp³-hybridized carbons (Fsp3) is 0.133. The van der Waals surface area contributed by atoms with Gasteiger partial charge in [-0.25, -0.2) is 4.98 Å². The number of ether oxygens (including phenoxy) is 1. The monoisotopic (exact) mass is 293 g/mol. The Morgan fingerprint density at radius 2 is 2.16 bits per heavy atom. The summed E-state index contributed by atoms with van der Waals surface area (Å²) >= 11 is 12.0. The third kappa shape index (κ3) is 3.28. The molecule has 4 heteroatoms. The molecule has 1 heterocycles. The highest BCUT2D eigenvalue weighted by Gasteiger charge is 2.05. The van der Waals surface area contributed by atoms with E-state index in [9.17, 15) is 0 Å². The SMILES string of the molecule is C=C/C(=C\C)COc1ccc2c(Cl)cc(Cl)nc2c1. The van der Waals surface area contributed by atoms with Gasteiger partial charge in [0.1, 0.15) is 17.5 Å². The van der Waals surface area contributed by atoms with Crippen LogP contribution in [0.4, 0.5) is 0 Å². The van der Waals surface area contributed by atoms with E-state index in [1.165, 1.54) is 0 Å². The first kappa shape index (κ1) is 13.9. The summed E-state index contributed by atoms with van der Waals surface area (Å²) in [5.74, 6) is 0.722. The van der Waals surface area contributed by atoms with Gasteiger partial charge < -0.3 is 4.74 Å². The van der Waals surface area contributed by atoms with Gasteiger partial charge >= 0.3 is 0 Å². The van der Waals surface area contributed by atoms with Crippen LogP contribution in [-0.2, 0) is 0 Å². The second-order valence-electron chi connectivity index (χ2n) is 3.96. The number of hydrogen-bond donors (Lipinski definition) is 0. The summed E-state index contributed by atoms with van der Waals surface area (Å²) < 4.78 is 5.67. The molecule has 0 saturated carbocycles. The van der Waals surface area contributed by atoms with Gasteiger partial charge in [-0.3, -0.25) is 0 Å². The predicted octanol–water partition coefficient (Wildman–Crippen LogP) is 5.05. The van der Waals surface area contributed by atoms with Crippen LogP contribution in [0.2, 0.25) is 10.2 Å². The lowest BCUT2D eigenvalue weighted by Gasteiger charge is -2.08. The zero-order chi connectivity index (χ0) is 13.8. The van der Waals surface area contributed by atoms with Gasteiger partial charge in [0.2, 0.25) is 0 Å². The van der Waals surface area contributed by atoms with Crippen LogP contribution in [0.25, 0.3) is 10.9 Å². The normalized spacial score (nSPS) is 11.6. The molecule has 2 aromatic rings. The molecule has 1 aromatic heterocycles. The summed E-state index contributed by atoms with van der Waals surface area (Å²) in [6.45, 7) is 6.14. The van der Waals surface area contributed by atoms with Crippen LogP contribution in [0.5, 0.6) is 5.75 Å². The number of halogens is 2. The average Bonchev–Trinajstić information content (AvgIpc) is 2.39. The highest BCUT2D eigenvalue weighted by molar-refractivity contribution is 6.37. The maximum Gasteiger partial charge on any atom is 0.131 e. The van der Waals surface area contributed by atoms with Crippen LogP contribution in [0.15, 0.2) is 48.6 Å². The zero-order valence-electron chi connectivity index (χ0n) is 10.5. The number of hydrogen-bond acceptors (Lipinski definition) is 2. The minimum atomic E-state index is 0.370. The van der Waals surface area contributed by atoms with Crippen molar-refractivity contribution in [2.45, 2.75) is 6.92 Å². The molecule has 0 amide bonds. The van der Waals surface area contributed by atoms with E-state index in [4.69, 9.17) is 27.9 Å². The zero-order valence-corrected chi connectivity index (χ0v) is 12.0. The number of nitrogens with zero attached hydrogens (tertiary/aromatic N) is 1. The molecule has 0 aliphatic carbocycles. The Morgan fingerprint density at radius 3 is 2.84 bits per heavy atom. The fourth-order valence-electron chi connectivity index (χ4n) is 1.65. The van der Waals surface area contributed by atoms with E-state index in [0.717, 1.165) is 22.2 Å². The van der Waals surface area contributed by atoms with Crippen molar-refractivity contribution in [2.75, 3.05) is 6.61 Å². The summed E-state index contributed by atoms with van der Waals surface area (Å²) in [7, 11) is 0. The minimum absolute atomic E-state index is 0.370. The van der Waals surface area contributed by atoms with E-state index in [2.05, 4.69) is 11.6 Å². The van der Waals surface area contributed by atoms with Gasteiger partial charge in [0, 0.05) is 11.5 Å². The Labute approximate surface area is 122 Å². The molecule has 0 unspecified atom stereocenters. The minimum Gasteiger partial charge on any atom is -0.489 e. The van der Waals surface area contributed by atoms with Gasteiger partial charge in [0.05, 0.1) is 10.5 Å². The fourth-order valence-corrected chi connectivity index (χ4v) is 2.17. The molecule has 2 nitrogen and oxygen atoms in total. The smallest absolute Gasteiger partial charge is 0.131 e. The van der Waals surface area contributed by atoms with E-state index in [1.807, 2.05) is 31.2 Å². The van der Waals surface area contributed by atoms with Gasteiger partial charge in [0.15, 0.2) is 0 Å². The highest BCUT2D eigenvalue weighted by atomic mass is 35.5. The summed E-state index contributed by atoms with van der Waals surface area (Å²) in [5.41, 5.74) is 1.74. The number of rotatable bonds is 4. The van der Waals surface area contributed by atoms with E-state index < -0.39 is 0 Å². The maximum atomic E-state index is 6.10. The Morgan fingerprint density at radius 1 is 1.37 bits per heavy atom. The molecule has 0 saturated heterocycles. The van der Waals surface area contributed by atoms with Crippen molar-refractivity contribution in [3.63, 3.8) is 0 Å². The van der Waals surface area contributed by atoms with Crippen molar-refractivity contribution in [3.8, 4) is 5.75 Å². The van der Waals surface area contributed by atoms with Crippen LogP contribution < -0.4 is 4.74 Å². The standard InChI is InChI=1S/C15H13Cl2NO/c1-3-10(4-2)9-19-11-5-6-12-13(16)8-15(17)18-14(12)7-11/h3-8H,1,9H2,2H3/b10-4+. The van der Waals surface area contributed by atoms with Crippen molar-refractivity contribution < 1.29 is 4.74 Å². The van der Waals surface area contributed by atoms with Crippen molar-refractivity contribution in [3.05, 3.63) is 58.7 Å². The molecular formula is C15H13Cl2NO. The van der Waals surface area contributed by atoms with Gasteiger partial charge in [-0.2, -0.15) is 0 Å². The Kier molecular flexibility index (Phi) is 4.46. The number of benzene rings is 1. The Bertz CT molecular complexity index is 650. The predicted molar refractivity (Wildman–Crippen MR) is 81.2 cm³/mol. The molecule has 0 atom stereocenters. The molecule has 0 aliphatic rings. The topological polar surface area (TPSA) is 22.1 Å². The molecule has 1 aromatic carbocycles. The maximum absolute atomic E-state index is 6.10. The quantitative estimate of drug-likeness (QED) is 0.581. The number of allylic oxidation sites excluding steroid dienone is 1. The first-order valence-corrected chi connectivity index (χ1v) is 6.56. The largest absolute Gasteiger partial charge is 0.489 e. The second kappa shape index (κ2) is 6.09. The lowest BCUT2D eigenvalue weighted by Crippen LogP contribution is -1.99. The summed E-state index contributed by atoms with van der Waals surface area (Å²) in [6.07, 6.45) is 3.73. The summed E-state index contributed by atoms with van der Waals surface area (Å²) in [5, 5.41) is 1.81. The first-order valence-electron chi connectivity index (χ1n) is 5.80. The third-order valence-electron chi connectivity index (χ3n) is 2.74. The van der Waals surface area contributed by atoms with E-state index >= 15 is 0 Å². The number of pyridine rings is 1. The Balaban J connectivity index is 2.29. The third-order valence-corrected chi connectivity index (χ3v) is 3.24. The van der Waals surface area contributed by atoms with Gasteiger partial charge in [-0.1, -0.05) is 41.9 Å². The highest BCUT2D eigenvalue weighted by Crippen LogP contribution is 2.28. The van der Waals surface area contributed by atoms with E-state index in [-0.39, 0.29) is 0 Å². The summed E-state index contributed by atoms with van der Waals surface area (Å²) in [6, 6.07) is 7.19. The van der Waals surface area contributed by atoms with Crippen molar-refractivity contribution in [2.24, 2.45) is 0 Å². The summed E-state index contributed by atoms with van der Waals surface area (Å²) in [4.78, 5) is 4.23. The number of fused-ring (bicyclic) bond motifs is 1. The Hall–Kier alpha value is -1.51. The van der Waals surface area contributed by atoms with Gasteiger partial charge in [-0.05, 0) is 30.7 Å². The molecule has 2 rings (SSSR count). The van der Waals surface area contributed by atoms with Crippen LogP contribution >= 0.6 is 23.2 Å². The molecule has 0 radical (unpaired) electrons. The van der Waals surface area contributed by atoms with Gasteiger partial charge in [0.25, 0.3) is 0 Å². The van der Waals surface area contributed by atoms with Crippen LogP contribution in [0.3, 0.4) is 0 Å². The lowest BCUT2D eigenvalue weighted by molar-refractivity contribution is 0.356. The molecule has 0 fully saturated rings. The van der Waals surface area contributed by atoms with Gasteiger partial charge in [-0.15, -0.1) is 0 Å². The molecule has 0 N–H and O–H groups in total. The molecule has 0 spiro atoms. The second-order valence-corrected chi connectivity index (χ2v) is 4.76. The molecule has 19 heavy (non-hydrogen) atoms. The van der Waals surface area contributed by atoms with E-state index in [0.29, 0.717) is 16.8 Å². The van der Waals surface area contributed by atoms with Crippen molar-refractivity contribution in [1.82, 2.24) is 4.98 Å². The van der Waals surface area contributed by atoms with E-state index in [1.54, 1.807) is 12.1 Å². The number of aromatic nitrogens is 1. The lowest BCUT2D eigenvalue weighted by atomic mass is 10.2. The first-order chi connectivity index (χ1) is 9.13. The van der Waals surface area contributed by atoms with Crippen LogP contribution in [-0.4, -0.2) is 11.6 Å². The van der Waals surface area contributed by atoms with Crippen LogP contribution in [0.1, 0.15) is 6.92 Å². The van der Waals surface area contributed by atoms with Crippen molar-refractivity contribution in [1.29, 1.82) is 0 Å². The molecule has 0 bridgehead atoms. The van der Waals surface area contributed by atoms with Crippen LogP contribution in [0, 0.1) is 0 Å². The average molecular weight is 294 g/mol.